The zero-order valence-corrected chi connectivity index (χ0v) is 12.9. The molecule has 1 unspecified atom stereocenters. The highest BCUT2D eigenvalue weighted by Gasteiger charge is 2.34. The average molecular weight is 293 g/mol. The summed E-state index contributed by atoms with van der Waals surface area (Å²) in [6.45, 7) is 5.31. The second-order valence-corrected chi connectivity index (χ2v) is 6.75. The van der Waals surface area contributed by atoms with Gasteiger partial charge in [-0.1, -0.05) is 12.1 Å². The van der Waals surface area contributed by atoms with Crippen LogP contribution < -0.4 is 5.32 Å². The van der Waals surface area contributed by atoms with E-state index in [2.05, 4.69) is 5.32 Å². The van der Waals surface area contributed by atoms with Crippen LogP contribution in [-0.4, -0.2) is 23.2 Å². The van der Waals surface area contributed by atoms with Gasteiger partial charge in [0.1, 0.15) is 5.82 Å². The number of carbonyl (C=O) groups is 1. The van der Waals surface area contributed by atoms with Crippen LogP contribution >= 0.6 is 0 Å². The number of rotatable bonds is 6. The van der Waals surface area contributed by atoms with Gasteiger partial charge in [-0.3, -0.25) is 4.79 Å². The predicted octanol–water partition coefficient (Wildman–Crippen LogP) is 2.90. The lowest BCUT2D eigenvalue weighted by Gasteiger charge is -2.20. The molecule has 4 heteroatoms. The molecular weight excluding hydrogens is 269 g/mol. The van der Waals surface area contributed by atoms with Gasteiger partial charge in [0.05, 0.1) is 5.60 Å². The standard InChI is InChI=1S/C17H24FNO2/c1-11-8-13(6-7-15(11)18)14(12-4-5-12)9-16(20)19-10-17(2,3)21/h6-8,12,14,21H,4-5,9-10H2,1-3H3,(H,19,20). The van der Waals surface area contributed by atoms with Gasteiger partial charge in [0.25, 0.3) is 0 Å². The number of carbonyl (C=O) groups excluding carboxylic acids is 1. The Kier molecular flexibility index (Phi) is 4.67. The molecule has 0 saturated heterocycles. The maximum absolute atomic E-state index is 13.4. The Balaban J connectivity index is 2.02. The predicted molar refractivity (Wildman–Crippen MR) is 80.5 cm³/mol. The van der Waals surface area contributed by atoms with Crippen LogP contribution in [0.25, 0.3) is 0 Å². The van der Waals surface area contributed by atoms with E-state index in [4.69, 9.17) is 0 Å². The number of nitrogens with one attached hydrogen (secondary N) is 1. The van der Waals surface area contributed by atoms with Gasteiger partial charge in [-0.05, 0) is 62.6 Å². The summed E-state index contributed by atoms with van der Waals surface area (Å²) in [7, 11) is 0. The fourth-order valence-electron chi connectivity index (χ4n) is 2.54. The molecule has 0 aliphatic heterocycles. The van der Waals surface area contributed by atoms with Crippen molar-refractivity contribution in [3.63, 3.8) is 0 Å². The fourth-order valence-corrected chi connectivity index (χ4v) is 2.54. The van der Waals surface area contributed by atoms with Gasteiger partial charge in [0.15, 0.2) is 0 Å². The van der Waals surface area contributed by atoms with Crippen molar-refractivity contribution < 1.29 is 14.3 Å². The lowest BCUT2D eigenvalue weighted by molar-refractivity contribution is -0.122. The maximum Gasteiger partial charge on any atom is 0.220 e. The average Bonchev–Trinajstić information content (AvgIpc) is 3.20. The summed E-state index contributed by atoms with van der Waals surface area (Å²) in [6, 6.07) is 5.12. The van der Waals surface area contributed by atoms with Crippen LogP contribution in [0.5, 0.6) is 0 Å². The number of hydrogen-bond acceptors (Lipinski definition) is 2. The van der Waals surface area contributed by atoms with E-state index in [0.717, 1.165) is 18.4 Å². The van der Waals surface area contributed by atoms with Gasteiger partial charge in [0.2, 0.25) is 5.91 Å². The van der Waals surface area contributed by atoms with Crippen LogP contribution in [0.3, 0.4) is 0 Å². The minimum Gasteiger partial charge on any atom is -0.389 e. The van der Waals surface area contributed by atoms with Gasteiger partial charge >= 0.3 is 0 Å². The first-order chi connectivity index (χ1) is 9.76. The topological polar surface area (TPSA) is 49.3 Å². The van der Waals surface area contributed by atoms with Crippen LogP contribution in [-0.2, 0) is 4.79 Å². The van der Waals surface area contributed by atoms with Gasteiger partial charge in [-0.2, -0.15) is 0 Å². The second-order valence-electron chi connectivity index (χ2n) is 6.75. The molecule has 0 heterocycles. The molecule has 0 radical (unpaired) electrons. The number of aliphatic hydroxyl groups is 1. The molecule has 1 aliphatic rings. The fraction of sp³-hybridized carbons (Fsp3) is 0.588. The van der Waals surface area contributed by atoms with E-state index >= 15 is 0 Å². The summed E-state index contributed by atoms with van der Waals surface area (Å²) >= 11 is 0. The lowest BCUT2D eigenvalue weighted by Crippen LogP contribution is -2.38. The van der Waals surface area contributed by atoms with Crippen molar-refractivity contribution in [2.75, 3.05) is 6.54 Å². The minimum absolute atomic E-state index is 0.0593. The third kappa shape index (κ3) is 4.81. The Hall–Kier alpha value is -1.42. The van der Waals surface area contributed by atoms with Gasteiger partial charge < -0.3 is 10.4 Å². The molecule has 1 fully saturated rings. The lowest BCUT2D eigenvalue weighted by atomic mass is 9.89. The molecule has 1 atom stereocenters. The van der Waals surface area contributed by atoms with E-state index in [9.17, 15) is 14.3 Å². The highest BCUT2D eigenvalue weighted by molar-refractivity contribution is 5.77. The first kappa shape index (κ1) is 16.0. The normalized spacial score (nSPS) is 16.6. The summed E-state index contributed by atoms with van der Waals surface area (Å²) < 4.78 is 13.4. The highest BCUT2D eigenvalue weighted by atomic mass is 19.1. The van der Waals surface area contributed by atoms with Crippen LogP contribution in [0, 0.1) is 18.7 Å². The van der Waals surface area contributed by atoms with Crippen molar-refractivity contribution in [3.8, 4) is 0 Å². The van der Waals surface area contributed by atoms with Crippen molar-refractivity contribution in [2.24, 2.45) is 5.92 Å². The molecule has 0 spiro atoms. The van der Waals surface area contributed by atoms with E-state index in [1.54, 1.807) is 26.8 Å². The molecule has 2 N–H and O–H groups in total. The van der Waals surface area contributed by atoms with Crippen LogP contribution in [0.2, 0.25) is 0 Å². The third-order valence-electron chi connectivity index (χ3n) is 3.92. The Morgan fingerprint density at radius 2 is 2.14 bits per heavy atom. The Morgan fingerprint density at radius 3 is 2.67 bits per heavy atom. The second kappa shape index (κ2) is 6.14. The zero-order chi connectivity index (χ0) is 15.6. The number of halogens is 1. The van der Waals surface area contributed by atoms with E-state index < -0.39 is 5.60 Å². The maximum atomic E-state index is 13.4. The van der Waals surface area contributed by atoms with Crippen molar-refractivity contribution >= 4 is 5.91 Å². The van der Waals surface area contributed by atoms with Gasteiger partial charge in [0, 0.05) is 13.0 Å². The molecule has 3 nitrogen and oxygen atoms in total. The van der Waals surface area contributed by atoms with Crippen molar-refractivity contribution in [1.82, 2.24) is 5.32 Å². The summed E-state index contributed by atoms with van der Waals surface area (Å²) in [5, 5.41) is 12.4. The van der Waals surface area contributed by atoms with Crippen molar-refractivity contribution in [2.45, 2.75) is 51.6 Å². The van der Waals surface area contributed by atoms with E-state index in [1.165, 1.54) is 6.07 Å². The molecule has 2 rings (SSSR count). The van der Waals surface area contributed by atoms with Crippen LogP contribution in [0.15, 0.2) is 18.2 Å². The van der Waals surface area contributed by atoms with Gasteiger partial charge in [-0.15, -0.1) is 0 Å². The Bertz CT molecular complexity index is 518. The first-order valence-electron chi connectivity index (χ1n) is 7.51. The summed E-state index contributed by atoms with van der Waals surface area (Å²) in [6.07, 6.45) is 2.64. The van der Waals surface area contributed by atoms with Gasteiger partial charge in [-0.25, -0.2) is 4.39 Å². The SMILES string of the molecule is Cc1cc(C(CC(=O)NCC(C)(C)O)C2CC2)ccc1F. The monoisotopic (exact) mass is 293 g/mol. The number of hydrogen-bond donors (Lipinski definition) is 2. The van der Waals surface area contributed by atoms with Crippen molar-refractivity contribution in [3.05, 3.63) is 35.1 Å². The Morgan fingerprint density at radius 1 is 1.48 bits per heavy atom. The molecule has 21 heavy (non-hydrogen) atoms. The van der Waals surface area contributed by atoms with Crippen LogP contribution in [0.4, 0.5) is 4.39 Å². The van der Waals surface area contributed by atoms with E-state index in [0.29, 0.717) is 17.9 Å². The molecule has 1 amide bonds. The summed E-state index contributed by atoms with van der Waals surface area (Å²) in [4.78, 5) is 12.1. The van der Waals surface area contributed by atoms with Crippen LogP contribution in [0.1, 0.15) is 50.2 Å². The molecule has 1 aromatic rings. The summed E-state index contributed by atoms with van der Waals surface area (Å²) in [5.74, 6) is 0.393. The van der Waals surface area contributed by atoms with E-state index in [1.807, 2.05) is 6.07 Å². The molecule has 0 aromatic heterocycles. The smallest absolute Gasteiger partial charge is 0.220 e. The Labute approximate surface area is 125 Å². The molecule has 0 bridgehead atoms. The molecule has 1 saturated carbocycles. The van der Waals surface area contributed by atoms with Crippen molar-refractivity contribution in [1.29, 1.82) is 0 Å². The quantitative estimate of drug-likeness (QED) is 0.847. The first-order valence-corrected chi connectivity index (χ1v) is 7.51. The number of benzene rings is 1. The number of amides is 1. The van der Waals surface area contributed by atoms with E-state index in [-0.39, 0.29) is 24.2 Å². The summed E-state index contributed by atoms with van der Waals surface area (Å²) in [5.41, 5.74) is 0.752. The molecular formula is C17H24FNO2. The minimum atomic E-state index is -0.906. The molecule has 1 aliphatic carbocycles. The zero-order valence-electron chi connectivity index (χ0n) is 12.9. The third-order valence-corrected chi connectivity index (χ3v) is 3.92. The molecule has 1 aromatic carbocycles. The molecule has 116 valence electrons. The number of aryl methyl sites for hydroxylation is 1. The largest absolute Gasteiger partial charge is 0.389 e. The highest BCUT2D eigenvalue weighted by Crippen LogP contribution is 2.44.